The molecule has 0 aliphatic carbocycles. The fraction of sp³-hybridized carbons (Fsp3) is 0.588. The molecule has 1 unspecified atom stereocenters. The predicted molar refractivity (Wildman–Crippen MR) is 90.3 cm³/mol. The maximum absolute atomic E-state index is 5.36. The third-order valence-electron chi connectivity index (χ3n) is 3.48. The van der Waals surface area contributed by atoms with Gasteiger partial charge in [0.1, 0.15) is 5.75 Å². The van der Waals surface area contributed by atoms with Crippen LogP contribution in [-0.4, -0.2) is 32.2 Å². The summed E-state index contributed by atoms with van der Waals surface area (Å²) >= 11 is 0. The molecular formula is C17H29N3O. The Balaban J connectivity index is 2.60. The van der Waals surface area contributed by atoms with E-state index in [2.05, 4.69) is 61.5 Å². The first-order chi connectivity index (χ1) is 10.1. The van der Waals surface area contributed by atoms with Crippen LogP contribution in [0.15, 0.2) is 23.2 Å². The van der Waals surface area contributed by atoms with Crippen LogP contribution in [0.4, 0.5) is 0 Å². The largest absolute Gasteiger partial charge is 0.496 e. The minimum Gasteiger partial charge on any atom is -0.496 e. The van der Waals surface area contributed by atoms with Crippen molar-refractivity contribution in [3.05, 3.63) is 29.3 Å². The van der Waals surface area contributed by atoms with E-state index in [1.54, 1.807) is 7.11 Å². The average Bonchev–Trinajstić information content (AvgIpc) is 2.48. The Kier molecular flexibility index (Phi) is 7.65. The number of methoxy groups -OCH3 is 1. The van der Waals surface area contributed by atoms with Gasteiger partial charge in [0.2, 0.25) is 0 Å². The molecule has 21 heavy (non-hydrogen) atoms. The number of ether oxygens (including phenoxy) is 1. The normalized spacial score (nSPS) is 12.9. The Labute approximate surface area is 129 Å². The van der Waals surface area contributed by atoms with E-state index in [1.807, 2.05) is 0 Å². The molecule has 0 spiro atoms. The summed E-state index contributed by atoms with van der Waals surface area (Å²) in [6.07, 6.45) is 1.99. The van der Waals surface area contributed by atoms with Crippen LogP contribution in [0.25, 0.3) is 0 Å². The lowest BCUT2D eigenvalue weighted by molar-refractivity contribution is 0.411. The predicted octanol–water partition coefficient (Wildman–Crippen LogP) is 2.90. The number of guanidine groups is 1. The van der Waals surface area contributed by atoms with E-state index >= 15 is 0 Å². The second-order valence-electron chi connectivity index (χ2n) is 5.27. The highest BCUT2D eigenvalue weighted by atomic mass is 16.5. The first-order valence-electron chi connectivity index (χ1n) is 7.79. The fourth-order valence-electron chi connectivity index (χ4n) is 1.97. The zero-order valence-corrected chi connectivity index (χ0v) is 14.0. The lowest BCUT2D eigenvalue weighted by atomic mass is 10.1. The highest BCUT2D eigenvalue weighted by molar-refractivity contribution is 5.80. The third-order valence-corrected chi connectivity index (χ3v) is 3.48. The quantitative estimate of drug-likeness (QED) is 0.600. The van der Waals surface area contributed by atoms with Gasteiger partial charge in [-0.25, -0.2) is 0 Å². The van der Waals surface area contributed by atoms with E-state index in [1.165, 1.54) is 5.56 Å². The summed E-state index contributed by atoms with van der Waals surface area (Å²) in [4.78, 5) is 4.63. The molecule has 1 rings (SSSR count). The van der Waals surface area contributed by atoms with Gasteiger partial charge in [-0.3, -0.25) is 4.99 Å². The van der Waals surface area contributed by atoms with Crippen LogP contribution in [0.2, 0.25) is 0 Å². The second-order valence-corrected chi connectivity index (χ2v) is 5.27. The Hall–Kier alpha value is -1.71. The maximum atomic E-state index is 5.36. The van der Waals surface area contributed by atoms with Gasteiger partial charge in [-0.15, -0.1) is 0 Å². The molecule has 2 N–H and O–H groups in total. The highest BCUT2D eigenvalue weighted by Crippen LogP contribution is 2.19. The van der Waals surface area contributed by atoms with E-state index < -0.39 is 0 Å². The Morgan fingerprint density at radius 3 is 2.71 bits per heavy atom. The average molecular weight is 291 g/mol. The molecule has 1 aromatic carbocycles. The molecule has 118 valence electrons. The number of nitrogens with one attached hydrogen (secondary N) is 2. The van der Waals surface area contributed by atoms with Crippen LogP contribution in [0.5, 0.6) is 5.75 Å². The van der Waals surface area contributed by atoms with Crippen molar-refractivity contribution in [1.29, 1.82) is 0 Å². The van der Waals surface area contributed by atoms with Gasteiger partial charge in [0.15, 0.2) is 5.96 Å². The lowest BCUT2D eigenvalue weighted by Gasteiger charge is -2.16. The van der Waals surface area contributed by atoms with Crippen molar-refractivity contribution in [1.82, 2.24) is 10.6 Å². The maximum Gasteiger partial charge on any atom is 0.191 e. The minimum absolute atomic E-state index is 0.433. The minimum atomic E-state index is 0.433. The number of hydrogen-bond donors (Lipinski definition) is 2. The number of rotatable bonds is 7. The molecule has 0 saturated heterocycles. The molecular weight excluding hydrogens is 262 g/mol. The number of benzene rings is 1. The van der Waals surface area contributed by atoms with Gasteiger partial charge in [0.05, 0.1) is 7.11 Å². The van der Waals surface area contributed by atoms with Crippen LogP contribution in [0, 0.1) is 6.92 Å². The third kappa shape index (κ3) is 6.06. The summed E-state index contributed by atoms with van der Waals surface area (Å²) in [6, 6.07) is 6.77. The summed E-state index contributed by atoms with van der Waals surface area (Å²) in [5.41, 5.74) is 2.41. The van der Waals surface area contributed by atoms with E-state index in [4.69, 9.17) is 4.74 Å². The summed E-state index contributed by atoms with van der Waals surface area (Å²) in [5.74, 6) is 1.84. The van der Waals surface area contributed by atoms with Crippen LogP contribution in [0.1, 0.15) is 38.3 Å². The first-order valence-corrected chi connectivity index (χ1v) is 7.79. The molecule has 0 heterocycles. The van der Waals surface area contributed by atoms with Gasteiger partial charge >= 0.3 is 0 Å². The molecule has 0 saturated carbocycles. The van der Waals surface area contributed by atoms with Crippen molar-refractivity contribution in [2.75, 3.05) is 20.2 Å². The second kappa shape index (κ2) is 9.27. The molecule has 0 fully saturated rings. The number of nitrogens with zero attached hydrogens (tertiary/aromatic N) is 1. The topological polar surface area (TPSA) is 45.7 Å². The van der Waals surface area contributed by atoms with E-state index in [0.29, 0.717) is 6.04 Å². The van der Waals surface area contributed by atoms with Gasteiger partial charge in [0, 0.05) is 19.1 Å². The van der Waals surface area contributed by atoms with Gasteiger partial charge in [-0.2, -0.15) is 0 Å². The van der Waals surface area contributed by atoms with E-state index in [0.717, 1.165) is 43.2 Å². The van der Waals surface area contributed by atoms with E-state index in [9.17, 15) is 0 Å². The molecule has 4 nitrogen and oxygen atoms in total. The monoisotopic (exact) mass is 291 g/mol. The Morgan fingerprint density at radius 2 is 2.10 bits per heavy atom. The van der Waals surface area contributed by atoms with Crippen molar-refractivity contribution < 1.29 is 4.74 Å². The summed E-state index contributed by atoms with van der Waals surface area (Å²) < 4.78 is 5.36. The molecule has 1 atom stereocenters. The summed E-state index contributed by atoms with van der Waals surface area (Å²) in [6.45, 7) is 10.1. The summed E-state index contributed by atoms with van der Waals surface area (Å²) in [7, 11) is 1.71. The van der Waals surface area contributed by atoms with Gasteiger partial charge in [-0.1, -0.05) is 19.1 Å². The van der Waals surface area contributed by atoms with E-state index in [-0.39, 0.29) is 0 Å². The Bertz CT molecular complexity index is 457. The highest BCUT2D eigenvalue weighted by Gasteiger charge is 2.03. The zero-order valence-electron chi connectivity index (χ0n) is 14.0. The molecule has 4 heteroatoms. The SMILES string of the molecule is CCNC(=NCCc1ccc(C)c(OC)c1)NC(C)CC. The van der Waals surface area contributed by atoms with Crippen molar-refractivity contribution in [2.24, 2.45) is 4.99 Å². The molecule has 0 amide bonds. The first kappa shape index (κ1) is 17.3. The molecule has 0 bridgehead atoms. The molecule has 0 radical (unpaired) electrons. The Morgan fingerprint density at radius 1 is 1.33 bits per heavy atom. The summed E-state index contributed by atoms with van der Waals surface area (Å²) in [5, 5.41) is 6.68. The number of aryl methyl sites for hydroxylation is 1. The van der Waals surface area contributed by atoms with Crippen molar-refractivity contribution in [2.45, 2.75) is 46.6 Å². The van der Waals surface area contributed by atoms with Crippen molar-refractivity contribution >= 4 is 5.96 Å². The van der Waals surface area contributed by atoms with Gasteiger partial charge in [0.25, 0.3) is 0 Å². The zero-order chi connectivity index (χ0) is 15.7. The van der Waals surface area contributed by atoms with Crippen LogP contribution in [-0.2, 0) is 6.42 Å². The van der Waals surface area contributed by atoms with Gasteiger partial charge < -0.3 is 15.4 Å². The number of hydrogen-bond acceptors (Lipinski definition) is 2. The smallest absolute Gasteiger partial charge is 0.191 e. The number of aliphatic imine (C=N–C) groups is 1. The molecule has 0 aromatic heterocycles. The fourth-order valence-corrected chi connectivity index (χ4v) is 1.97. The van der Waals surface area contributed by atoms with Crippen LogP contribution < -0.4 is 15.4 Å². The standard InChI is InChI=1S/C17H29N3O/c1-6-14(4)20-17(18-7-2)19-11-10-15-9-8-13(3)16(12-15)21-5/h8-9,12,14H,6-7,10-11H2,1-5H3,(H2,18,19,20). The molecule has 0 aliphatic rings. The van der Waals surface area contributed by atoms with Crippen molar-refractivity contribution in [3.63, 3.8) is 0 Å². The lowest BCUT2D eigenvalue weighted by Crippen LogP contribution is -2.42. The van der Waals surface area contributed by atoms with Crippen molar-refractivity contribution in [3.8, 4) is 5.75 Å². The van der Waals surface area contributed by atoms with Gasteiger partial charge in [-0.05, 0) is 50.8 Å². The molecule has 1 aromatic rings. The molecule has 0 aliphatic heterocycles. The van der Waals surface area contributed by atoms with Crippen LogP contribution in [0.3, 0.4) is 0 Å². The van der Waals surface area contributed by atoms with Crippen LogP contribution >= 0.6 is 0 Å².